The Morgan fingerprint density at radius 2 is 1.60 bits per heavy atom. The fourth-order valence-corrected chi connectivity index (χ4v) is 3.31. The van der Waals surface area contributed by atoms with Gasteiger partial charge in [-0.25, -0.2) is 0 Å². The van der Waals surface area contributed by atoms with Crippen molar-refractivity contribution in [3.63, 3.8) is 0 Å². The van der Waals surface area contributed by atoms with Crippen molar-refractivity contribution in [3.8, 4) is 0 Å². The number of hydrogen-bond acceptors (Lipinski definition) is 2. The van der Waals surface area contributed by atoms with Crippen molar-refractivity contribution in [2.45, 2.75) is 51.6 Å². The van der Waals surface area contributed by atoms with Crippen molar-refractivity contribution < 1.29 is 0 Å². The highest BCUT2D eigenvalue weighted by Gasteiger charge is 2.29. The first kappa shape index (κ1) is 13.0. The number of nitrogens with zero attached hydrogens (tertiary/aromatic N) is 1. The fourth-order valence-electron chi connectivity index (χ4n) is 3.31. The molecule has 1 N–H and O–H groups in total. The van der Waals surface area contributed by atoms with Gasteiger partial charge in [-0.15, -0.1) is 0 Å². The highest BCUT2D eigenvalue weighted by molar-refractivity contribution is 4.85. The Labute approximate surface area is 95.4 Å². The molecule has 0 spiro atoms. The SMILES string of the molecule is CNC1CCC(C(C(C)C)N(C)C)CC1. The quantitative estimate of drug-likeness (QED) is 0.769. The van der Waals surface area contributed by atoms with E-state index in [2.05, 4.69) is 45.2 Å². The minimum absolute atomic E-state index is 0.766. The second kappa shape index (κ2) is 5.86. The van der Waals surface area contributed by atoms with Crippen LogP contribution in [0.15, 0.2) is 0 Å². The molecule has 1 rings (SSSR count). The summed E-state index contributed by atoms with van der Waals surface area (Å²) in [5.41, 5.74) is 0. The largest absolute Gasteiger partial charge is 0.317 e. The molecule has 0 aromatic rings. The van der Waals surface area contributed by atoms with Crippen LogP contribution in [0.3, 0.4) is 0 Å². The minimum Gasteiger partial charge on any atom is -0.317 e. The third-order valence-electron chi connectivity index (χ3n) is 3.94. The summed E-state index contributed by atoms with van der Waals surface area (Å²) in [4.78, 5) is 2.43. The molecular weight excluding hydrogens is 184 g/mol. The lowest BCUT2D eigenvalue weighted by molar-refractivity contribution is 0.119. The van der Waals surface area contributed by atoms with E-state index < -0.39 is 0 Å². The molecule has 1 atom stereocenters. The van der Waals surface area contributed by atoms with E-state index in [1.807, 2.05) is 0 Å². The van der Waals surface area contributed by atoms with Crippen LogP contribution in [0.2, 0.25) is 0 Å². The van der Waals surface area contributed by atoms with Crippen LogP contribution in [0.1, 0.15) is 39.5 Å². The zero-order valence-corrected chi connectivity index (χ0v) is 11.1. The Morgan fingerprint density at radius 3 is 1.93 bits per heavy atom. The molecule has 1 fully saturated rings. The highest BCUT2D eigenvalue weighted by atomic mass is 15.1. The molecule has 90 valence electrons. The standard InChI is InChI=1S/C13H28N2/c1-10(2)13(15(4)5)11-6-8-12(14-3)9-7-11/h10-14H,6-9H2,1-5H3. The van der Waals surface area contributed by atoms with Crippen LogP contribution in [0.25, 0.3) is 0 Å². The molecule has 1 aliphatic carbocycles. The lowest BCUT2D eigenvalue weighted by atomic mass is 9.77. The molecule has 0 aromatic heterocycles. The molecule has 1 saturated carbocycles. The minimum atomic E-state index is 0.766. The number of nitrogens with one attached hydrogen (secondary N) is 1. The molecule has 0 saturated heterocycles. The zero-order valence-electron chi connectivity index (χ0n) is 11.1. The van der Waals surface area contributed by atoms with Gasteiger partial charge in [0.25, 0.3) is 0 Å². The maximum Gasteiger partial charge on any atom is 0.0140 e. The van der Waals surface area contributed by atoms with Gasteiger partial charge in [0.15, 0.2) is 0 Å². The van der Waals surface area contributed by atoms with Crippen LogP contribution in [0.4, 0.5) is 0 Å². The Hall–Kier alpha value is -0.0800. The van der Waals surface area contributed by atoms with E-state index in [4.69, 9.17) is 0 Å². The van der Waals surface area contributed by atoms with E-state index in [-0.39, 0.29) is 0 Å². The van der Waals surface area contributed by atoms with E-state index in [0.717, 1.165) is 23.9 Å². The van der Waals surface area contributed by atoms with Crippen LogP contribution in [-0.2, 0) is 0 Å². The van der Waals surface area contributed by atoms with Gasteiger partial charge in [-0.3, -0.25) is 0 Å². The molecule has 1 aliphatic rings. The molecule has 15 heavy (non-hydrogen) atoms. The fraction of sp³-hybridized carbons (Fsp3) is 1.00. The number of rotatable bonds is 4. The molecule has 0 aromatic carbocycles. The third kappa shape index (κ3) is 3.46. The topological polar surface area (TPSA) is 15.3 Å². The molecule has 0 bridgehead atoms. The van der Waals surface area contributed by atoms with Crippen molar-refractivity contribution in [1.29, 1.82) is 0 Å². The first-order valence-corrected chi connectivity index (χ1v) is 6.40. The zero-order chi connectivity index (χ0) is 11.4. The van der Waals surface area contributed by atoms with Gasteiger partial charge in [0.05, 0.1) is 0 Å². The molecule has 2 heteroatoms. The van der Waals surface area contributed by atoms with Crippen molar-refractivity contribution in [1.82, 2.24) is 10.2 Å². The second-order valence-corrected chi connectivity index (χ2v) is 5.60. The third-order valence-corrected chi connectivity index (χ3v) is 3.94. The summed E-state index contributed by atoms with van der Waals surface area (Å²) in [6.07, 6.45) is 5.51. The summed E-state index contributed by atoms with van der Waals surface area (Å²) in [5, 5.41) is 3.41. The van der Waals surface area contributed by atoms with Gasteiger partial charge in [-0.1, -0.05) is 13.8 Å². The first-order valence-electron chi connectivity index (χ1n) is 6.40. The van der Waals surface area contributed by atoms with E-state index in [1.165, 1.54) is 25.7 Å². The van der Waals surface area contributed by atoms with Gasteiger partial charge >= 0.3 is 0 Å². The molecule has 1 unspecified atom stereocenters. The van der Waals surface area contributed by atoms with Crippen LogP contribution in [-0.4, -0.2) is 38.1 Å². The Bertz CT molecular complexity index is 161. The molecule has 0 amide bonds. The van der Waals surface area contributed by atoms with Crippen LogP contribution < -0.4 is 5.32 Å². The van der Waals surface area contributed by atoms with Gasteiger partial charge in [0, 0.05) is 12.1 Å². The maximum absolute atomic E-state index is 3.41. The molecule has 0 radical (unpaired) electrons. The Morgan fingerprint density at radius 1 is 1.07 bits per heavy atom. The Balaban J connectivity index is 2.49. The van der Waals surface area contributed by atoms with E-state index in [9.17, 15) is 0 Å². The lowest BCUT2D eigenvalue weighted by Crippen LogP contribution is -2.43. The molecule has 0 aliphatic heterocycles. The summed E-state index contributed by atoms with van der Waals surface area (Å²) in [7, 11) is 6.56. The van der Waals surface area contributed by atoms with Gasteiger partial charge in [0.2, 0.25) is 0 Å². The summed E-state index contributed by atoms with van der Waals surface area (Å²) < 4.78 is 0. The smallest absolute Gasteiger partial charge is 0.0140 e. The van der Waals surface area contributed by atoms with Gasteiger partial charge < -0.3 is 10.2 Å². The van der Waals surface area contributed by atoms with E-state index in [1.54, 1.807) is 0 Å². The van der Waals surface area contributed by atoms with Crippen molar-refractivity contribution in [2.75, 3.05) is 21.1 Å². The lowest BCUT2D eigenvalue weighted by Gasteiger charge is -2.39. The van der Waals surface area contributed by atoms with Crippen LogP contribution >= 0.6 is 0 Å². The average molecular weight is 212 g/mol. The van der Waals surface area contributed by atoms with Gasteiger partial charge in [0.1, 0.15) is 0 Å². The average Bonchev–Trinajstić information content (AvgIpc) is 2.18. The van der Waals surface area contributed by atoms with Crippen molar-refractivity contribution >= 4 is 0 Å². The first-order chi connectivity index (χ1) is 7.06. The summed E-state index contributed by atoms with van der Waals surface area (Å²) in [5.74, 6) is 1.68. The summed E-state index contributed by atoms with van der Waals surface area (Å²) in [6, 6.07) is 1.54. The van der Waals surface area contributed by atoms with Gasteiger partial charge in [-0.05, 0) is 58.7 Å². The summed E-state index contributed by atoms with van der Waals surface area (Å²) in [6.45, 7) is 4.71. The predicted molar refractivity (Wildman–Crippen MR) is 67.1 cm³/mol. The molecule has 2 nitrogen and oxygen atoms in total. The monoisotopic (exact) mass is 212 g/mol. The predicted octanol–water partition coefficient (Wildman–Crippen LogP) is 2.35. The molecule has 0 heterocycles. The summed E-state index contributed by atoms with van der Waals surface area (Å²) >= 11 is 0. The molecular formula is C13H28N2. The van der Waals surface area contributed by atoms with Crippen LogP contribution in [0, 0.1) is 11.8 Å². The van der Waals surface area contributed by atoms with Crippen molar-refractivity contribution in [3.05, 3.63) is 0 Å². The second-order valence-electron chi connectivity index (χ2n) is 5.60. The normalized spacial score (nSPS) is 29.8. The van der Waals surface area contributed by atoms with E-state index in [0.29, 0.717) is 0 Å². The maximum atomic E-state index is 3.41. The van der Waals surface area contributed by atoms with Crippen molar-refractivity contribution in [2.24, 2.45) is 11.8 Å². The van der Waals surface area contributed by atoms with E-state index >= 15 is 0 Å². The van der Waals surface area contributed by atoms with Gasteiger partial charge in [-0.2, -0.15) is 0 Å². The highest BCUT2D eigenvalue weighted by Crippen LogP contribution is 2.31. The Kier molecular flexibility index (Phi) is 5.07. The number of hydrogen-bond donors (Lipinski definition) is 1. The van der Waals surface area contributed by atoms with Crippen LogP contribution in [0.5, 0.6) is 0 Å².